The molecule has 0 spiro atoms. The van der Waals surface area contributed by atoms with Crippen LogP contribution in [0.2, 0.25) is 0 Å². The molecule has 5 heteroatoms. The zero-order chi connectivity index (χ0) is 12.0. The Bertz CT molecular complexity index is 354. The second-order valence-corrected chi connectivity index (χ2v) is 3.49. The van der Waals surface area contributed by atoms with Crippen LogP contribution in [0.3, 0.4) is 0 Å². The van der Waals surface area contributed by atoms with Gasteiger partial charge in [-0.15, -0.1) is 0 Å². The number of carbonyl (C=O) groups is 1. The number of primary amides is 1. The number of hydrogen-bond donors (Lipinski definition) is 2. The third-order valence-electron chi connectivity index (χ3n) is 2.37. The third kappa shape index (κ3) is 3.20. The highest BCUT2D eigenvalue weighted by atomic mass is 16.1. The predicted octanol–water partition coefficient (Wildman–Crippen LogP) is 0.356. The van der Waals surface area contributed by atoms with Gasteiger partial charge in [0.25, 0.3) is 5.91 Å². The minimum absolute atomic E-state index is 0.295. The van der Waals surface area contributed by atoms with E-state index in [1.54, 1.807) is 12.3 Å². The Kier molecular flexibility index (Phi) is 4.72. The summed E-state index contributed by atoms with van der Waals surface area (Å²) in [6.45, 7) is 4.45. The summed E-state index contributed by atoms with van der Waals surface area (Å²) in [5.74, 6) is -0.503. The van der Waals surface area contributed by atoms with Gasteiger partial charge in [-0.25, -0.2) is 0 Å². The number of anilines is 1. The van der Waals surface area contributed by atoms with E-state index in [0.717, 1.165) is 25.2 Å². The second-order valence-electron chi connectivity index (χ2n) is 3.49. The van der Waals surface area contributed by atoms with Crippen molar-refractivity contribution in [2.24, 2.45) is 11.5 Å². The molecule has 5 nitrogen and oxygen atoms in total. The third-order valence-corrected chi connectivity index (χ3v) is 2.37. The maximum atomic E-state index is 11.0. The molecule has 0 radical (unpaired) electrons. The lowest BCUT2D eigenvalue weighted by atomic mass is 10.2. The van der Waals surface area contributed by atoms with E-state index in [4.69, 9.17) is 11.5 Å². The Morgan fingerprint density at radius 3 is 2.88 bits per heavy atom. The van der Waals surface area contributed by atoms with Gasteiger partial charge in [0.05, 0.1) is 0 Å². The highest BCUT2D eigenvalue weighted by molar-refractivity contribution is 5.91. The minimum atomic E-state index is -0.503. The molecule has 4 N–H and O–H groups in total. The molecular weight excluding hydrogens is 204 g/mol. The Balaban J connectivity index is 2.83. The zero-order valence-corrected chi connectivity index (χ0v) is 9.52. The number of hydrogen-bond acceptors (Lipinski definition) is 4. The molecule has 0 bridgehead atoms. The fourth-order valence-electron chi connectivity index (χ4n) is 1.50. The monoisotopic (exact) mass is 222 g/mol. The van der Waals surface area contributed by atoms with Gasteiger partial charge in [0.15, 0.2) is 0 Å². The lowest BCUT2D eigenvalue weighted by Crippen LogP contribution is -2.26. The number of aromatic nitrogens is 1. The topological polar surface area (TPSA) is 85.2 Å². The van der Waals surface area contributed by atoms with Crippen LogP contribution in [0.5, 0.6) is 0 Å². The van der Waals surface area contributed by atoms with E-state index in [1.807, 2.05) is 6.07 Å². The maximum absolute atomic E-state index is 11.0. The van der Waals surface area contributed by atoms with Crippen molar-refractivity contribution >= 4 is 11.6 Å². The molecule has 0 saturated carbocycles. The average Bonchev–Trinajstić information content (AvgIpc) is 2.30. The number of pyridine rings is 1. The molecule has 0 fully saturated rings. The van der Waals surface area contributed by atoms with Crippen LogP contribution in [0.15, 0.2) is 18.3 Å². The van der Waals surface area contributed by atoms with E-state index in [9.17, 15) is 4.79 Å². The summed E-state index contributed by atoms with van der Waals surface area (Å²) in [7, 11) is 0. The van der Waals surface area contributed by atoms with E-state index in [0.29, 0.717) is 12.2 Å². The molecule has 0 atom stereocenters. The molecule has 88 valence electrons. The SMILES string of the molecule is CCN(CCCN)c1ccnc(C(N)=O)c1. The molecule has 1 amide bonds. The van der Waals surface area contributed by atoms with Gasteiger partial charge in [0.1, 0.15) is 5.69 Å². The van der Waals surface area contributed by atoms with Gasteiger partial charge in [-0.2, -0.15) is 0 Å². The van der Waals surface area contributed by atoms with Gasteiger partial charge in [-0.1, -0.05) is 0 Å². The van der Waals surface area contributed by atoms with E-state index >= 15 is 0 Å². The van der Waals surface area contributed by atoms with Crippen molar-refractivity contribution in [2.75, 3.05) is 24.5 Å². The molecule has 0 aromatic carbocycles. The number of nitrogens with zero attached hydrogens (tertiary/aromatic N) is 2. The molecule has 1 aromatic heterocycles. The lowest BCUT2D eigenvalue weighted by molar-refractivity contribution is 0.0995. The quantitative estimate of drug-likeness (QED) is 0.727. The molecule has 1 rings (SSSR count). The van der Waals surface area contributed by atoms with Crippen LogP contribution in [0.1, 0.15) is 23.8 Å². The Morgan fingerprint density at radius 1 is 1.56 bits per heavy atom. The van der Waals surface area contributed by atoms with Crippen LogP contribution in [0.25, 0.3) is 0 Å². The number of amides is 1. The molecule has 0 unspecified atom stereocenters. The first-order chi connectivity index (χ1) is 7.69. The van der Waals surface area contributed by atoms with E-state index in [1.165, 1.54) is 0 Å². The number of carbonyl (C=O) groups excluding carboxylic acids is 1. The Hall–Kier alpha value is -1.62. The van der Waals surface area contributed by atoms with Crippen molar-refractivity contribution in [3.05, 3.63) is 24.0 Å². The van der Waals surface area contributed by atoms with Gasteiger partial charge in [0.2, 0.25) is 0 Å². The molecule has 0 aliphatic heterocycles. The summed E-state index contributed by atoms with van der Waals surface area (Å²) < 4.78 is 0. The first-order valence-corrected chi connectivity index (χ1v) is 5.40. The van der Waals surface area contributed by atoms with Crippen LogP contribution in [0.4, 0.5) is 5.69 Å². The summed E-state index contributed by atoms with van der Waals surface area (Å²) in [6, 6.07) is 3.58. The average molecular weight is 222 g/mol. The van der Waals surface area contributed by atoms with Gasteiger partial charge >= 0.3 is 0 Å². The zero-order valence-electron chi connectivity index (χ0n) is 9.52. The van der Waals surface area contributed by atoms with E-state index in [2.05, 4.69) is 16.8 Å². The number of rotatable bonds is 6. The van der Waals surface area contributed by atoms with Crippen LogP contribution < -0.4 is 16.4 Å². The standard InChI is InChI=1S/C11H18N4O/c1-2-15(7-3-5-12)9-4-6-14-10(8-9)11(13)16/h4,6,8H,2-3,5,7,12H2,1H3,(H2,13,16). The largest absolute Gasteiger partial charge is 0.372 e. The Morgan fingerprint density at radius 2 is 2.31 bits per heavy atom. The summed E-state index contributed by atoms with van der Waals surface area (Å²) in [5.41, 5.74) is 11.9. The summed E-state index contributed by atoms with van der Waals surface area (Å²) >= 11 is 0. The second kappa shape index (κ2) is 6.07. The van der Waals surface area contributed by atoms with Crippen LogP contribution in [0, 0.1) is 0 Å². The molecule has 1 heterocycles. The minimum Gasteiger partial charge on any atom is -0.372 e. The molecule has 0 aliphatic rings. The normalized spacial score (nSPS) is 10.1. The molecule has 0 aliphatic carbocycles. The van der Waals surface area contributed by atoms with E-state index < -0.39 is 5.91 Å². The van der Waals surface area contributed by atoms with Crippen LogP contribution in [-0.2, 0) is 0 Å². The molecule has 0 saturated heterocycles. The van der Waals surface area contributed by atoms with Gasteiger partial charge < -0.3 is 16.4 Å². The van der Waals surface area contributed by atoms with Crippen molar-refractivity contribution in [3.63, 3.8) is 0 Å². The molecule has 16 heavy (non-hydrogen) atoms. The fourth-order valence-corrected chi connectivity index (χ4v) is 1.50. The van der Waals surface area contributed by atoms with Crippen LogP contribution >= 0.6 is 0 Å². The van der Waals surface area contributed by atoms with Crippen molar-refractivity contribution < 1.29 is 4.79 Å². The fraction of sp³-hybridized carbons (Fsp3) is 0.455. The molecular formula is C11H18N4O. The first kappa shape index (κ1) is 12.4. The Labute approximate surface area is 95.4 Å². The van der Waals surface area contributed by atoms with Crippen molar-refractivity contribution in [3.8, 4) is 0 Å². The van der Waals surface area contributed by atoms with Crippen molar-refractivity contribution in [2.45, 2.75) is 13.3 Å². The maximum Gasteiger partial charge on any atom is 0.267 e. The van der Waals surface area contributed by atoms with Gasteiger partial charge in [-0.3, -0.25) is 9.78 Å². The van der Waals surface area contributed by atoms with Crippen molar-refractivity contribution in [1.29, 1.82) is 0 Å². The first-order valence-electron chi connectivity index (χ1n) is 5.40. The highest BCUT2D eigenvalue weighted by Crippen LogP contribution is 2.14. The van der Waals surface area contributed by atoms with Crippen LogP contribution in [-0.4, -0.2) is 30.5 Å². The summed E-state index contributed by atoms with van der Waals surface area (Å²) in [4.78, 5) is 17.0. The predicted molar refractivity (Wildman–Crippen MR) is 64.3 cm³/mol. The van der Waals surface area contributed by atoms with Gasteiger partial charge in [-0.05, 0) is 32.0 Å². The number of nitrogens with two attached hydrogens (primary N) is 2. The lowest BCUT2D eigenvalue weighted by Gasteiger charge is -2.22. The van der Waals surface area contributed by atoms with Crippen molar-refractivity contribution in [1.82, 2.24) is 4.98 Å². The summed E-state index contributed by atoms with van der Waals surface area (Å²) in [5, 5.41) is 0. The molecule has 1 aromatic rings. The smallest absolute Gasteiger partial charge is 0.267 e. The van der Waals surface area contributed by atoms with E-state index in [-0.39, 0.29) is 0 Å². The highest BCUT2D eigenvalue weighted by Gasteiger charge is 2.07. The summed E-state index contributed by atoms with van der Waals surface area (Å²) in [6.07, 6.45) is 2.52. The van der Waals surface area contributed by atoms with Gasteiger partial charge in [0, 0.05) is 25.0 Å².